The van der Waals surface area contributed by atoms with Gasteiger partial charge in [-0.2, -0.15) is 0 Å². The highest BCUT2D eigenvalue weighted by Crippen LogP contribution is 2.64. The first-order chi connectivity index (χ1) is 17.1. The number of unbranched alkanes of at least 4 members (excludes halogenated alkanes) is 2. The van der Waals surface area contributed by atoms with Gasteiger partial charge in [0.15, 0.2) is 0 Å². The second kappa shape index (κ2) is 8.35. The number of aliphatic hydroxyl groups is 1. The van der Waals surface area contributed by atoms with Gasteiger partial charge < -0.3 is 9.84 Å². The Kier molecular flexibility index (Phi) is 5.26. The van der Waals surface area contributed by atoms with Crippen LogP contribution in [0, 0.1) is 11.8 Å². The van der Waals surface area contributed by atoms with Crippen LogP contribution in [0.1, 0.15) is 54.4 Å². The van der Waals surface area contributed by atoms with Crippen LogP contribution in [0.5, 0.6) is 5.75 Å². The summed E-state index contributed by atoms with van der Waals surface area (Å²) in [5.74, 6) is -1.08. The zero-order chi connectivity index (χ0) is 24.2. The second-order valence-electron chi connectivity index (χ2n) is 9.85. The Hall–Kier alpha value is -3.44. The van der Waals surface area contributed by atoms with Gasteiger partial charge in [0.1, 0.15) is 5.75 Å². The molecule has 178 valence electrons. The SMILES string of the molecule is CCCCCOc1ccc(N2C(=O)C3C4c5ccccc5C(CO)(c5ccccc54)C3C2=O)cc1. The number of carbonyl (C=O) groups excluding carboxylic acids is 2. The largest absolute Gasteiger partial charge is 0.494 e. The summed E-state index contributed by atoms with van der Waals surface area (Å²) < 4.78 is 5.81. The van der Waals surface area contributed by atoms with E-state index in [1.807, 2.05) is 60.7 Å². The molecule has 2 atom stereocenters. The molecule has 1 heterocycles. The van der Waals surface area contributed by atoms with Crippen LogP contribution in [0.2, 0.25) is 0 Å². The molecule has 2 amide bonds. The molecule has 0 saturated carbocycles. The van der Waals surface area contributed by atoms with E-state index < -0.39 is 17.3 Å². The number of amides is 2. The highest BCUT2D eigenvalue weighted by Gasteiger charge is 2.68. The fourth-order valence-electron chi connectivity index (χ4n) is 6.69. The first kappa shape index (κ1) is 22.1. The van der Waals surface area contributed by atoms with Crippen molar-refractivity contribution < 1.29 is 19.4 Å². The molecule has 1 fully saturated rings. The van der Waals surface area contributed by atoms with Gasteiger partial charge >= 0.3 is 0 Å². The van der Waals surface area contributed by atoms with Crippen LogP contribution in [0.15, 0.2) is 72.8 Å². The van der Waals surface area contributed by atoms with Gasteiger partial charge in [-0.05, 0) is 52.9 Å². The van der Waals surface area contributed by atoms with Crippen molar-refractivity contribution in [3.8, 4) is 5.75 Å². The van der Waals surface area contributed by atoms with E-state index in [1.54, 1.807) is 12.1 Å². The summed E-state index contributed by atoms with van der Waals surface area (Å²) in [7, 11) is 0. The fourth-order valence-corrected chi connectivity index (χ4v) is 6.69. The minimum atomic E-state index is -0.934. The van der Waals surface area contributed by atoms with E-state index in [0.29, 0.717) is 12.3 Å². The monoisotopic (exact) mass is 467 g/mol. The van der Waals surface area contributed by atoms with Gasteiger partial charge in [0.25, 0.3) is 0 Å². The minimum Gasteiger partial charge on any atom is -0.494 e. The Balaban J connectivity index is 1.41. The van der Waals surface area contributed by atoms with Crippen LogP contribution in [0.4, 0.5) is 5.69 Å². The summed E-state index contributed by atoms with van der Waals surface area (Å²) in [6, 6.07) is 23.2. The highest BCUT2D eigenvalue weighted by atomic mass is 16.5. The van der Waals surface area contributed by atoms with Gasteiger partial charge in [0.2, 0.25) is 11.8 Å². The summed E-state index contributed by atoms with van der Waals surface area (Å²) in [6.45, 7) is 2.57. The number of anilines is 1. The van der Waals surface area contributed by atoms with Gasteiger partial charge in [-0.25, -0.2) is 4.90 Å². The summed E-state index contributed by atoms with van der Waals surface area (Å²) in [6.07, 6.45) is 3.25. The molecule has 3 aromatic rings. The summed E-state index contributed by atoms with van der Waals surface area (Å²) in [5, 5.41) is 10.9. The molecule has 0 aromatic heterocycles. The fraction of sp³-hybridized carbons (Fsp3) is 0.333. The highest BCUT2D eigenvalue weighted by molar-refractivity contribution is 6.23. The van der Waals surface area contributed by atoms with E-state index in [-0.39, 0.29) is 24.3 Å². The van der Waals surface area contributed by atoms with Crippen LogP contribution < -0.4 is 9.64 Å². The molecule has 4 aliphatic rings. The third-order valence-corrected chi connectivity index (χ3v) is 8.16. The number of rotatable bonds is 7. The Bertz CT molecular complexity index is 1250. The molecule has 5 nitrogen and oxygen atoms in total. The molecule has 3 aromatic carbocycles. The van der Waals surface area contributed by atoms with Crippen molar-refractivity contribution in [2.24, 2.45) is 11.8 Å². The van der Waals surface area contributed by atoms with Crippen molar-refractivity contribution in [1.82, 2.24) is 0 Å². The molecule has 7 rings (SSSR count). The lowest BCUT2D eigenvalue weighted by atomic mass is 9.47. The van der Waals surface area contributed by atoms with E-state index >= 15 is 0 Å². The van der Waals surface area contributed by atoms with Gasteiger partial charge in [-0.1, -0.05) is 68.3 Å². The lowest BCUT2D eigenvalue weighted by Gasteiger charge is -2.53. The maximum absolute atomic E-state index is 14.0. The lowest BCUT2D eigenvalue weighted by Crippen LogP contribution is -2.55. The molecule has 1 N–H and O–H groups in total. The normalized spacial score (nSPS) is 25.9. The van der Waals surface area contributed by atoms with Crippen molar-refractivity contribution in [2.45, 2.75) is 37.5 Å². The van der Waals surface area contributed by atoms with E-state index in [4.69, 9.17) is 4.74 Å². The number of benzene rings is 3. The molecule has 5 heteroatoms. The van der Waals surface area contributed by atoms with Crippen LogP contribution in [-0.4, -0.2) is 30.1 Å². The Morgan fingerprint density at radius 3 is 2.09 bits per heavy atom. The average Bonchev–Trinajstić information content (AvgIpc) is 3.17. The van der Waals surface area contributed by atoms with Crippen molar-refractivity contribution in [1.29, 1.82) is 0 Å². The molecule has 1 aliphatic heterocycles. The maximum Gasteiger partial charge on any atom is 0.239 e. The molecular weight excluding hydrogens is 438 g/mol. The van der Waals surface area contributed by atoms with Crippen molar-refractivity contribution in [3.05, 3.63) is 95.1 Å². The topological polar surface area (TPSA) is 66.8 Å². The van der Waals surface area contributed by atoms with Crippen LogP contribution >= 0.6 is 0 Å². The van der Waals surface area contributed by atoms with Crippen molar-refractivity contribution in [3.63, 3.8) is 0 Å². The number of nitrogens with zero attached hydrogens (tertiary/aromatic N) is 1. The van der Waals surface area contributed by atoms with Gasteiger partial charge in [0, 0.05) is 5.92 Å². The number of hydrogen-bond donors (Lipinski definition) is 1. The van der Waals surface area contributed by atoms with Crippen LogP contribution in [0.3, 0.4) is 0 Å². The summed E-state index contributed by atoms with van der Waals surface area (Å²) in [4.78, 5) is 29.3. The van der Waals surface area contributed by atoms with E-state index in [2.05, 4.69) is 6.92 Å². The average molecular weight is 468 g/mol. The van der Waals surface area contributed by atoms with E-state index in [0.717, 1.165) is 47.3 Å². The molecule has 35 heavy (non-hydrogen) atoms. The predicted molar refractivity (Wildman–Crippen MR) is 134 cm³/mol. The van der Waals surface area contributed by atoms with E-state index in [9.17, 15) is 14.7 Å². The standard InChI is InChI=1S/C30H29NO4/c1-2-3-8-17-35-20-15-13-19(14-16-20)31-28(33)26-25-21-9-4-6-11-23(21)30(18-32,27(26)29(31)34)24-12-7-5-10-22(24)25/h4-7,9-16,25-27,32H,2-3,8,17-18H2,1H3. The number of aliphatic hydroxyl groups excluding tert-OH is 1. The zero-order valence-electron chi connectivity index (χ0n) is 19.8. The summed E-state index contributed by atoms with van der Waals surface area (Å²) in [5.41, 5.74) is 3.63. The minimum absolute atomic E-state index is 0.191. The molecule has 0 radical (unpaired) electrons. The first-order valence-corrected chi connectivity index (χ1v) is 12.5. The second-order valence-corrected chi connectivity index (χ2v) is 9.85. The van der Waals surface area contributed by atoms with Crippen molar-refractivity contribution >= 4 is 17.5 Å². The van der Waals surface area contributed by atoms with E-state index in [1.165, 1.54) is 4.90 Å². The number of ether oxygens (including phenoxy) is 1. The van der Waals surface area contributed by atoms with Crippen LogP contribution in [0.25, 0.3) is 0 Å². The molecule has 2 bridgehead atoms. The Morgan fingerprint density at radius 2 is 1.49 bits per heavy atom. The predicted octanol–water partition coefficient (Wildman–Crippen LogP) is 4.80. The molecule has 3 aliphatic carbocycles. The Labute approximate surface area is 205 Å². The Morgan fingerprint density at radius 1 is 0.857 bits per heavy atom. The third-order valence-electron chi connectivity index (χ3n) is 8.16. The van der Waals surface area contributed by atoms with Crippen molar-refractivity contribution in [2.75, 3.05) is 18.1 Å². The van der Waals surface area contributed by atoms with Gasteiger partial charge in [-0.15, -0.1) is 0 Å². The zero-order valence-corrected chi connectivity index (χ0v) is 19.8. The number of imide groups is 1. The maximum atomic E-state index is 14.0. The third kappa shape index (κ3) is 2.97. The van der Waals surface area contributed by atoms with Gasteiger partial charge in [-0.3, -0.25) is 9.59 Å². The van der Waals surface area contributed by atoms with Crippen LogP contribution in [-0.2, 0) is 15.0 Å². The molecule has 1 saturated heterocycles. The number of hydrogen-bond acceptors (Lipinski definition) is 4. The first-order valence-electron chi connectivity index (χ1n) is 12.5. The molecule has 2 unspecified atom stereocenters. The number of carbonyl (C=O) groups is 2. The van der Waals surface area contributed by atoms with Gasteiger partial charge in [0.05, 0.1) is 36.2 Å². The molecule has 0 spiro atoms. The smallest absolute Gasteiger partial charge is 0.239 e. The lowest BCUT2D eigenvalue weighted by molar-refractivity contribution is -0.124. The molecular formula is C30H29NO4. The summed E-state index contributed by atoms with van der Waals surface area (Å²) >= 11 is 0. The quantitative estimate of drug-likeness (QED) is 0.400.